The first-order valence-corrected chi connectivity index (χ1v) is 8.27. The molecule has 1 heterocycles. The van der Waals surface area contributed by atoms with E-state index in [0.717, 1.165) is 12.0 Å². The highest BCUT2D eigenvalue weighted by molar-refractivity contribution is 5.76. The summed E-state index contributed by atoms with van der Waals surface area (Å²) in [5.74, 6) is 1.21. The topological polar surface area (TPSA) is 110 Å². The van der Waals surface area contributed by atoms with Gasteiger partial charge in [0.1, 0.15) is 11.6 Å². The first-order valence-electron chi connectivity index (χ1n) is 8.27. The molecule has 0 spiro atoms. The van der Waals surface area contributed by atoms with Crippen molar-refractivity contribution >= 4 is 17.6 Å². The molecule has 0 radical (unpaired) electrons. The van der Waals surface area contributed by atoms with Crippen LogP contribution in [-0.4, -0.2) is 46.8 Å². The van der Waals surface area contributed by atoms with Gasteiger partial charge in [-0.3, -0.25) is 14.6 Å². The quantitative estimate of drug-likeness (QED) is 0.659. The number of carbonyl (C=O) groups is 2. The zero-order valence-electron chi connectivity index (χ0n) is 14.9. The van der Waals surface area contributed by atoms with Crippen molar-refractivity contribution in [2.45, 2.75) is 19.8 Å². The molecule has 0 aliphatic rings. The number of nitrogens with two attached hydrogens (primary N) is 1. The summed E-state index contributed by atoms with van der Waals surface area (Å²) < 4.78 is 5.67. The Bertz CT molecular complexity index is 749. The van der Waals surface area contributed by atoms with Crippen molar-refractivity contribution in [3.8, 4) is 11.6 Å². The largest absolute Gasteiger partial charge is 0.437 e. The fraction of sp³-hybridized carbons (Fsp3) is 0.333. The van der Waals surface area contributed by atoms with Crippen molar-refractivity contribution in [3.63, 3.8) is 0 Å². The summed E-state index contributed by atoms with van der Waals surface area (Å²) in [5.41, 5.74) is 5.99. The lowest BCUT2D eigenvalue weighted by Crippen LogP contribution is -2.26. The van der Waals surface area contributed by atoms with E-state index in [-0.39, 0.29) is 18.2 Å². The molecule has 8 nitrogen and oxygen atoms in total. The van der Waals surface area contributed by atoms with E-state index in [4.69, 9.17) is 10.5 Å². The van der Waals surface area contributed by atoms with Crippen LogP contribution in [0.15, 0.2) is 36.7 Å². The van der Waals surface area contributed by atoms with Crippen molar-refractivity contribution in [3.05, 3.63) is 42.2 Å². The van der Waals surface area contributed by atoms with Crippen molar-refractivity contribution in [1.82, 2.24) is 14.9 Å². The number of aromatic nitrogens is 2. The van der Waals surface area contributed by atoms with Gasteiger partial charge in [0.05, 0.1) is 18.8 Å². The molecule has 0 aliphatic heterocycles. The van der Waals surface area contributed by atoms with Gasteiger partial charge in [-0.05, 0) is 24.1 Å². The predicted molar refractivity (Wildman–Crippen MR) is 97.9 cm³/mol. The van der Waals surface area contributed by atoms with Crippen molar-refractivity contribution in [2.75, 3.05) is 25.5 Å². The summed E-state index contributed by atoms with van der Waals surface area (Å²) in [6, 6.07) is 7.05. The minimum absolute atomic E-state index is 0.0436. The van der Waals surface area contributed by atoms with Gasteiger partial charge in [-0.1, -0.05) is 12.1 Å². The normalized spacial score (nSPS) is 10.2. The third-order valence-corrected chi connectivity index (χ3v) is 3.65. The zero-order chi connectivity index (χ0) is 18.9. The number of anilines is 1. The minimum Gasteiger partial charge on any atom is -0.437 e. The van der Waals surface area contributed by atoms with Crippen LogP contribution >= 0.6 is 0 Å². The lowest BCUT2D eigenvalue weighted by molar-refractivity contribution is -0.127. The highest BCUT2D eigenvalue weighted by Crippen LogP contribution is 2.20. The molecule has 2 rings (SSSR count). The third-order valence-electron chi connectivity index (χ3n) is 3.65. The number of carbonyl (C=O) groups excluding carboxylic acids is 2. The lowest BCUT2D eigenvalue weighted by atomic mass is 10.1. The van der Waals surface area contributed by atoms with Gasteiger partial charge in [0.25, 0.3) is 0 Å². The molecule has 2 amide bonds. The second-order valence-corrected chi connectivity index (χ2v) is 5.85. The second-order valence-electron chi connectivity index (χ2n) is 5.85. The number of hydrogen-bond donors (Lipinski definition) is 2. The summed E-state index contributed by atoms with van der Waals surface area (Å²) in [4.78, 5) is 32.2. The molecule has 0 atom stereocenters. The summed E-state index contributed by atoms with van der Waals surface area (Å²) in [6.07, 6.45) is 4.12. The number of primary amides is 1. The van der Waals surface area contributed by atoms with Crippen LogP contribution in [0.3, 0.4) is 0 Å². The van der Waals surface area contributed by atoms with Crippen LogP contribution in [0.25, 0.3) is 0 Å². The minimum atomic E-state index is -0.377. The first-order chi connectivity index (χ1) is 12.4. The Morgan fingerprint density at radius 3 is 2.62 bits per heavy atom. The zero-order valence-corrected chi connectivity index (χ0v) is 14.9. The second kappa shape index (κ2) is 9.36. The third kappa shape index (κ3) is 6.39. The van der Waals surface area contributed by atoms with E-state index in [2.05, 4.69) is 15.3 Å². The van der Waals surface area contributed by atoms with Gasteiger partial charge in [-0.15, -0.1) is 0 Å². The van der Waals surface area contributed by atoms with E-state index in [9.17, 15) is 9.59 Å². The molecule has 0 aliphatic carbocycles. The van der Waals surface area contributed by atoms with Crippen LogP contribution in [0.1, 0.15) is 18.9 Å². The van der Waals surface area contributed by atoms with E-state index in [1.165, 1.54) is 6.20 Å². The molecule has 0 saturated carbocycles. The summed E-state index contributed by atoms with van der Waals surface area (Å²) in [5, 5.41) is 3.15. The predicted octanol–water partition coefficient (Wildman–Crippen LogP) is 1.58. The number of nitrogens with zero attached hydrogens (tertiary/aromatic N) is 3. The molecule has 8 heteroatoms. The van der Waals surface area contributed by atoms with Gasteiger partial charge >= 0.3 is 0 Å². The fourth-order valence-electron chi connectivity index (χ4n) is 2.17. The molecule has 0 bridgehead atoms. The Morgan fingerprint density at radius 2 is 1.96 bits per heavy atom. The summed E-state index contributed by atoms with van der Waals surface area (Å²) in [6.45, 7) is 2.88. The van der Waals surface area contributed by atoms with Gasteiger partial charge in [0.15, 0.2) is 0 Å². The SMILES string of the molecule is CC(=O)N(C)CCCNc1cncc(Oc2ccc(CC(N)=O)cc2)n1. The van der Waals surface area contributed by atoms with Gasteiger partial charge in [-0.2, -0.15) is 4.98 Å². The number of hydrogen-bond acceptors (Lipinski definition) is 6. The number of benzene rings is 1. The lowest BCUT2D eigenvalue weighted by Gasteiger charge is -2.14. The summed E-state index contributed by atoms with van der Waals surface area (Å²) in [7, 11) is 1.77. The van der Waals surface area contributed by atoms with Crippen LogP contribution < -0.4 is 15.8 Å². The molecule has 2 aromatic rings. The Balaban J connectivity index is 1.86. The van der Waals surface area contributed by atoms with Crippen molar-refractivity contribution in [1.29, 1.82) is 0 Å². The smallest absolute Gasteiger partial charge is 0.239 e. The Labute approximate surface area is 152 Å². The molecule has 0 saturated heterocycles. The van der Waals surface area contributed by atoms with E-state index >= 15 is 0 Å². The molecule has 26 heavy (non-hydrogen) atoms. The van der Waals surface area contributed by atoms with Crippen molar-refractivity contribution < 1.29 is 14.3 Å². The van der Waals surface area contributed by atoms with E-state index in [1.807, 2.05) is 0 Å². The maximum Gasteiger partial charge on any atom is 0.239 e. The van der Waals surface area contributed by atoms with Gasteiger partial charge in [0.2, 0.25) is 17.7 Å². The fourth-order valence-corrected chi connectivity index (χ4v) is 2.17. The van der Waals surface area contributed by atoms with Gasteiger partial charge < -0.3 is 20.7 Å². The number of ether oxygens (including phenoxy) is 1. The molecular weight excluding hydrogens is 334 g/mol. The number of amides is 2. The molecule has 3 N–H and O–H groups in total. The van der Waals surface area contributed by atoms with Crippen LogP contribution in [-0.2, 0) is 16.0 Å². The summed E-state index contributed by atoms with van der Waals surface area (Å²) >= 11 is 0. The molecular formula is C18H23N5O3. The highest BCUT2D eigenvalue weighted by atomic mass is 16.5. The van der Waals surface area contributed by atoms with E-state index < -0.39 is 0 Å². The van der Waals surface area contributed by atoms with Crippen LogP contribution in [0.5, 0.6) is 11.6 Å². The van der Waals surface area contributed by atoms with Gasteiger partial charge in [-0.25, -0.2) is 0 Å². The number of nitrogens with one attached hydrogen (secondary N) is 1. The van der Waals surface area contributed by atoms with Crippen LogP contribution in [0.4, 0.5) is 5.82 Å². The molecule has 138 valence electrons. The van der Waals surface area contributed by atoms with Gasteiger partial charge in [0, 0.05) is 27.1 Å². The molecule has 0 fully saturated rings. The van der Waals surface area contributed by atoms with Crippen molar-refractivity contribution in [2.24, 2.45) is 5.73 Å². The maximum atomic E-state index is 11.1. The first kappa shape index (κ1) is 19.2. The number of rotatable bonds is 9. The van der Waals surface area contributed by atoms with Crippen LogP contribution in [0, 0.1) is 0 Å². The Kier molecular flexibility index (Phi) is 6.90. The molecule has 0 unspecified atom stereocenters. The molecule has 1 aromatic heterocycles. The Morgan fingerprint density at radius 1 is 1.23 bits per heavy atom. The van der Waals surface area contributed by atoms with Crippen LogP contribution in [0.2, 0.25) is 0 Å². The van der Waals surface area contributed by atoms with E-state index in [0.29, 0.717) is 30.5 Å². The Hall–Kier alpha value is -3.16. The average molecular weight is 357 g/mol. The monoisotopic (exact) mass is 357 g/mol. The highest BCUT2D eigenvalue weighted by Gasteiger charge is 2.04. The average Bonchev–Trinajstić information content (AvgIpc) is 2.60. The van der Waals surface area contributed by atoms with E-state index in [1.54, 1.807) is 49.3 Å². The molecule has 1 aromatic carbocycles. The standard InChI is InChI=1S/C18H23N5O3/c1-13(24)23(2)9-3-8-21-17-11-20-12-18(22-17)26-15-6-4-14(5-7-15)10-16(19)25/h4-7,11-12H,3,8-10H2,1-2H3,(H2,19,25)(H,21,22). The maximum absolute atomic E-state index is 11.1.